The van der Waals surface area contributed by atoms with Crippen molar-refractivity contribution in [1.82, 2.24) is 5.32 Å². The number of halogens is 3. The number of anilines is 1. The van der Waals surface area contributed by atoms with Crippen LogP contribution in [0.25, 0.3) is 0 Å². The van der Waals surface area contributed by atoms with E-state index in [4.69, 9.17) is 0 Å². The summed E-state index contributed by atoms with van der Waals surface area (Å²) >= 11 is 0. The highest BCUT2D eigenvalue weighted by Crippen LogP contribution is 2.49. The van der Waals surface area contributed by atoms with E-state index in [9.17, 15) is 13.2 Å². The fraction of sp³-hybridized carbons (Fsp3) is 0.400. The number of benzene rings is 2. The third-order valence-electron chi connectivity index (χ3n) is 5.45. The van der Waals surface area contributed by atoms with E-state index in [1.54, 1.807) is 7.05 Å². The fourth-order valence-corrected chi connectivity index (χ4v) is 4.34. The number of nitrogens with one attached hydrogen (secondary N) is 1. The Labute approximate surface area is 145 Å². The highest BCUT2D eigenvalue weighted by atomic mass is 19.4. The number of nitrogens with zero attached hydrogens (tertiary/aromatic N) is 1. The summed E-state index contributed by atoms with van der Waals surface area (Å²) < 4.78 is 41.3. The number of piperidine rings is 1. The maximum absolute atomic E-state index is 13.8. The van der Waals surface area contributed by atoms with Gasteiger partial charge in [0.1, 0.15) is 0 Å². The quantitative estimate of drug-likeness (QED) is 0.877. The lowest BCUT2D eigenvalue weighted by atomic mass is 9.88. The van der Waals surface area contributed by atoms with Crippen molar-refractivity contribution < 1.29 is 13.2 Å². The number of hydrogen-bond donors (Lipinski definition) is 1. The van der Waals surface area contributed by atoms with Gasteiger partial charge in [0, 0.05) is 25.6 Å². The van der Waals surface area contributed by atoms with Crippen LogP contribution in [-0.2, 0) is 12.6 Å². The molecule has 1 fully saturated rings. The van der Waals surface area contributed by atoms with Crippen LogP contribution in [0.1, 0.15) is 34.6 Å². The Morgan fingerprint density at radius 3 is 2.60 bits per heavy atom. The van der Waals surface area contributed by atoms with Gasteiger partial charge in [-0.3, -0.25) is 0 Å². The lowest BCUT2D eigenvalue weighted by molar-refractivity contribution is -0.137. The number of likely N-dealkylation sites (N-methyl/N-ethyl adjacent to an activating group) is 1. The lowest BCUT2D eigenvalue weighted by Gasteiger charge is -2.31. The van der Waals surface area contributed by atoms with Crippen LogP contribution in [0.5, 0.6) is 0 Å². The van der Waals surface area contributed by atoms with E-state index in [1.165, 1.54) is 6.07 Å². The predicted octanol–water partition coefficient (Wildman–Crippen LogP) is 4.19. The van der Waals surface area contributed by atoms with Gasteiger partial charge in [0.25, 0.3) is 0 Å². The molecule has 0 saturated carbocycles. The van der Waals surface area contributed by atoms with Crippen LogP contribution in [0.4, 0.5) is 18.9 Å². The van der Waals surface area contributed by atoms with Crippen molar-refractivity contribution >= 4 is 5.69 Å². The molecule has 25 heavy (non-hydrogen) atoms. The van der Waals surface area contributed by atoms with Crippen molar-refractivity contribution in [1.29, 1.82) is 0 Å². The van der Waals surface area contributed by atoms with Gasteiger partial charge in [-0.15, -0.1) is 0 Å². The first kappa shape index (κ1) is 16.5. The molecular formula is C20H21F3N2. The SMILES string of the molecule is CN1c2c(cc(Cc3ccccc3)cc2C(F)(F)F)C2CNCC[C@@H]21. The molecule has 2 aliphatic heterocycles. The standard InChI is InChI=1S/C20H21F3N2/c1-25-18-7-8-24-12-16(18)15-10-14(9-13-5-3-2-4-6-13)11-17(19(15)25)20(21,22)23/h2-6,10-11,16,18,24H,7-9,12H2,1H3/t16?,18-/m0/s1. The number of fused-ring (bicyclic) bond motifs is 3. The zero-order valence-corrected chi connectivity index (χ0v) is 14.1. The second-order valence-corrected chi connectivity index (χ2v) is 7.02. The molecule has 0 radical (unpaired) electrons. The molecule has 0 bridgehead atoms. The van der Waals surface area contributed by atoms with Crippen molar-refractivity contribution in [3.63, 3.8) is 0 Å². The van der Waals surface area contributed by atoms with Crippen LogP contribution in [0.15, 0.2) is 42.5 Å². The zero-order valence-electron chi connectivity index (χ0n) is 14.1. The van der Waals surface area contributed by atoms with E-state index in [1.807, 2.05) is 41.3 Å². The molecular weight excluding hydrogens is 325 g/mol. The fourth-order valence-electron chi connectivity index (χ4n) is 4.34. The van der Waals surface area contributed by atoms with Gasteiger partial charge in [-0.2, -0.15) is 13.2 Å². The maximum atomic E-state index is 13.8. The van der Waals surface area contributed by atoms with E-state index in [0.717, 1.165) is 36.2 Å². The largest absolute Gasteiger partial charge is 0.418 e. The molecule has 1 N–H and O–H groups in total. The summed E-state index contributed by atoms with van der Waals surface area (Å²) in [5.74, 6) is 0.130. The summed E-state index contributed by atoms with van der Waals surface area (Å²) in [7, 11) is 1.81. The Balaban J connectivity index is 1.82. The summed E-state index contributed by atoms with van der Waals surface area (Å²) in [6, 6.07) is 13.2. The second-order valence-electron chi connectivity index (χ2n) is 7.02. The minimum absolute atomic E-state index is 0.130. The summed E-state index contributed by atoms with van der Waals surface area (Å²) in [4.78, 5) is 1.86. The van der Waals surface area contributed by atoms with Crippen molar-refractivity contribution in [3.8, 4) is 0 Å². The van der Waals surface area contributed by atoms with E-state index in [2.05, 4.69) is 5.32 Å². The first-order valence-corrected chi connectivity index (χ1v) is 8.66. The Kier molecular flexibility index (Phi) is 3.99. The molecule has 5 heteroatoms. The average Bonchev–Trinajstić information content (AvgIpc) is 2.88. The van der Waals surface area contributed by atoms with Crippen molar-refractivity contribution in [2.75, 3.05) is 25.0 Å². The number of rotatable bonds is 2. The molecule has 1 saturated heterocycles. The van der Waals surface area contributed by atoms with Crippen LogP contribution in [0.3, 0.4) is 0 Å². The second kappa shape index (κ2) is 6.06. The summed E-state index contributed by atoms with van der Waals surface area (Å²) in [6.07, 6.45) is -2.95. The molecule has 0 spiro atoms. The molecule has 0 aliphatic carbocycles. The van der Waals surface area contributed by atoms with Crippen LogP contribution < -0.4 is 10.2 Å². The topological polar surface area (TPSA) is 15.3 Å². The molecule has 1 unspecified atom stereocenters. The Hall–Kier alpha value is -2.01. The van der Waals surface area contributed by atoms with Crippen molar-refractivity contribution in [3.05, 3.63) is 64.7 Å². The van der Waals surface area contributed by atoms with Gasteiger partial charge >= 0.3 is 6.18 Å². The molecule has 2 atom stereocenters. The van der Waals surface area contributed by atoms with Crippen molar-refractivity contribution in [2.24, 2.45) is 0 Å². The van der Waals surface area contributed by atoms with Crippen LogP contribution >= 0.6 is 0 Å². The summed E-state index contributed by atoms with van der Waals surface area (Å²) in [6.45, 7) is 1.60. The Morgan fingerprint density at radius 1 is 1.12 bits per heavy atom. The number of alkyl halides is 3. The summed E-state index contributed by atoms with van der Waals surface area (Å²) in [5.41, 5.74) is 2.49. The molecule has 0 aromatic heterocycles. The number of hydrogen-bond acceptors (Lipinski definition) is 2. The molecule has 2 aromatic carbocycles. The van der Waals surface area contributed by atoms with E-state index < -0.39 is 11.7 Å². The minimum atomic E-state index is -4.34. The minimum Gasteiger partial charge on any atom is -0.370 e. The lowest BCUT2D eigenvalue weighted by Crippen LogP contribution is -2.42. The third kappa shape index (κ3) is 2.91. The predicted molar refractivity (Wildman–Crippen MR) is 93.1 cm³/mol. The van der Waals surface area contributed by atoms with Gasteiger partial charge in [-0.05, 0) is 42.1 Å². The molecule has 2 aromatic rings. The highest BCUT2D eigenvalue weighted by molar-refractivity contribution is 5.68. The van der Waals surface area contributed by atoms with E-state index in [-0.39, 0.29) is 12.0 Å². The van der Waals surface area contributed by atoms with Crippen LogP contribution in [0.2, 0.25) is 0 Å². The van der Waals surface area contributed by atoms with Gasteiger partial charge in [0.15, 0.2) is 0 Å². The van der Waals surface area contributed by atoms with Gasteiger partial charge in [-0.25, -0.2) is 0 Å². The third-order valence-corrected chi connectivity index (χ3v) is 5.45. The maximum Gasteiger partial charge on any atom is 0.418 e. The molecule has 2 nitrogen and oxygen atoms in total. The zero-order chi connectivity index (χ0) is 17.6. The first-order valence-electron chi connectivity index (χ1n) is 8.66. The van der Waals surface area contributed by atoms with E-state index in [0.29, 0.717) is 12.1 Å². The Bertz CT molecular complexity index is 771. The van der Waals surface area contributed by atoms with Gasteiger partial charge < -0.3 is 10.2 Å². The van der Waals surface area contributed by atoms with Crippen LogP contribution in [0, 0.1) is 0 Å². The molecule has 2 aliphatic rings. The van der Waals surface area contributed by atoms with E-state index >= 15 is 0 Å². The smallest absolute Gasteiger partial charge is 0.370 e. The van der Waals surface area contributed by atoms with Gasteiger partial charge in [-0.1, -0.05) is 36.4 Å². The van der Waals surface area contributed by atoms with Gasteiger partial charge in [0.2, 0.25) is 0 Å². The van der Waals surface area contributed by atoms with Crippen LogP contribution in [-0.4, -0.2) is 26.2 Å². The summed E-state index contributed by atoms with van der Waals surface area (Å²) in [5, 5.41) is 3.34. The molecule has 4 rings (SSSR count). The highest BCUT2D eigenvalue weighted by Gasteiger charge is 2.44. The van der Waals surface area contributed by atoms with Gasteiger partial charge in [0.05, 0.1) is 11.3 Å². The Morgan fingerprint density at radius 2 is 1.88 bits per heavy atom. The molecule has 0 amide bonds. The average molecular weight is 346 g/mol. The van der Waals surface area contributed by atoms with Crippen molar-refractivity contribution in [2.45, 2.75) is 31.0 Å². The first-order chi connectivity index (χ1) is 11.9. The normalized spacial score (nSPS) is 22.6. The monoisotopic (exact) mass is 346 g/mol. The molecule has 2 heterocycles. The molecule has 132 valence electrons.